The van der Waals surface area contributed by atoms with Gasteiger partial charge in [0.2, 0.25) is 0 Å². The smallest absolute Gasteiger partial charge is 0.101 e. The molecule has 0 bridgehead atoms. The van der Waals surface area contributed by atoms with Crippen LogP contribution >= 0.6 is 15.9 Å². The Bertz CT molecular complexity index is 387. The lowest BCUT2D eigenvalue weighted by atomic mass is 10.1. The Hall–Kier alpha value is -1.05. The number of anilines is 1. The molecule has 16 heavy (non-hydrogen) atoms. The number of rotatable bonds is 5. The van der Waals surface area contributed by atoms with Crippen molar-refractivity contribution < 1.29 is 4.74 Å². The van der Waals surface area contributed by atoms with Gasteiger partial charge < -0.3 is 10.1 Å². The summed E-state index contributed by atoms with van der Waals surface area (Å²) in [6.45, 7) is 3.60. The van der Waals surface area contributed by atoms with Crippen LogP contribution in [0.4, 0.5) is 5.69 Å². The minimum Gasteiger partial charge on any atom is -0.384 e. The van der Waals surface area contributed by atoms with E-state index in [0.29, 0.717) is 18.1 Å². The summed E-state index contributed by atoms with van der Waals surface area (Å²) in [4.78, 5) is 0. The average Bonchev–Trinajstić information content (AvgIpc) is 2.27. The first kappa shape index (κ1) is 13.0. The first-order chi connectivity index (χ1) is 7.67. The molecule has 86 valence electrons. The summed E-state index contributed by atoms with van der Waals surface area (Å²) in [6.07, 6.45) is 0. The molecule has 1 aromatic carbocycles. The van der Waals surface area contributed by atoms with Crippen LogP contribution in [-0.2, 0) is 4.74 Å². The molecule has 0 radical (unpaired) electrons. The van der Waals surface area contributed by atoms with Gasteiger partial charge in [-0.15, -0.1) is 0 Å². The summed E-state index contributed by atoms with van der Waals surface area (Å²) in [7, 11) is 1.69. The standard InChI is InChI=1S/C12H15BrN2O/c1-9(8-16-2)7-15-12-5-11(13)4-3-10(12)6-14/h3-5,9,15H,7-8H2,1-2H3. The molecule has 0 fully saturated rings. The highest BCUT2D eigenvalue weighted by Gasteiger charge is 2.05. The average molecular weight is 283 g/mol. The molecule has 0 aromatic heterocycles. The van der Waals surface area contributed by atoms with Gasteiger partial charge in [-0.2, -0.15) is 5.26 Å². The molecule has 0 aliphatic heterocycles. The number of nitrogens with zero attached hydrogens (tertiary/aromatic N) is 1. The maximum absolute atomic E-state index is 8.95. The third-order valence-corrected chi connectivity index (χ3v) is 2.69. The Morgan fingerprint density at radius 3 is 2.94 bits per heavy atom. The van der Waals surface area contributed by atoms with Gasteiger partial charge >= 0.3 is 0 Å². The van der Waals surface area contributed by atoms with Crippen molar-refractivity contribution >= 4 is 21.6 Å². The van der Waals surface area contributed by atoms with Crippen LogP contribution in [0.15, 0.2) is 22.7 Å². The fourth-order valence-electron chi connectivity index (χ4n) is 1.39. The minimum absolute atomic E-state index is 0.413. The molecular weight excluding hydrogens is 268 g/mol. The largest absolute Gasteiger partial charge is 0.384 e. The monoisotopic (exact) mass is 282 g/mol. The van der Waals surface area contributed by atoms with E-state index in [1.54, 1.807) is 13.2 Å². The second kappa shape index (κ2) is 6.51. The molecule has 0 heterocycles. The van der Waals surface area contributed by atoms with Crippen LogP contribution < -0.4 is 5.32 Å². The van der Waals surface area contributed by atoms with Gasteiger partial charge in [0.05, 0.1) is 17.9 Å². The van der Waals surface area contributed by atoms with Crippen molar-refractivity contribution in [2.24, 2.45) is 5.92 Å². The Kier molecular flexibility index (Phi) is 5.30. The predicted octanol–water partition coefficient (Wildman–Crippen LogP) is 3.02. The van der Waals surface area contributed by atoms with E-state index in [0.717, 1.165) is 16.7 Å². The van der Waals surface area contributed by atoms with E-state index < -0.39 is 0 Å². The summed E-state index contributed by atoms with van der Waals surface area (Å²) in [5.41, 5.74) is 1.52. The number of ether oxygens (including phenoxy) is 1. The molecule has 0 saturated carbocycles. The molecule has 3 nitrogen and oxygen atoms in total. The van der Waals surface area contributed by atoms with Crippen molar-refractivity contribution in [1.29, 1.82) is 5.26 Å². The molecule has 0 aliphatic carbocycles. The van der Waals surface area contributed by atoms with Crippen LogP contribution in [0.5, 0.6) is 0 Å². The first-order valence-corrected chi connectivity index (χ1v) is 5.89. The van der Waals surface area contributed by atoms with E-state index in [1.165, 1.54) is 0 Å². The van der Waals surface area contributed by atoms with Gasteiger partial charge in [-0.3, -0.25) is 0 Å². The van der Waals surface area contributed by atoms with E-state index in [2.05, 4.69) is 34.2 Å². The van der Waals surface area contributed by atoms with E-state index in [4.69, 9.17) is 10.00 Å². The number of hydrogen-bond acceptors (Lipinski definition) is 3. The molecule has 1 rings (SSSR count). The molecular formula is C12H15BrN2O. The molecule has 1 N–H and O–H groups in total. The van der Waals surface area contributed by atoms with Crippen molar-refractivity contribution in [2.75, 3.05) is 25.6 Å². The maximum Gasteiger partial charge on any atom is 0.101 e. The lowest BCUT2D eigenvalue weighted by molar-refractivity contribution is 0.164. The number of nitriles is 1. The quantitative estimate of drug-likeness (QED) is 0.903. The topological polar surface area (TPSA) is 45.0 Å². The number of halogens is 1. The van der Waals surface area contributed by atoms with Crippen molar-refractivity contribution in [3.63, 3.8) is 0 Å². The first-order valence-electron chi connectivity index (χ1n) is 5.09. The second-order valence-corrected chi connectivity index (χ2v) is 4.66. The van der Waals surface area contributed by atoms with Crippen LogP contribution in [-0.4, -0.2) is 20.3 Å². The number of methoxy groups -OCH3 is 1. The Labute approximate surface area is 105 Å². The molecule has 0 aliphatic rings. The Morgan fingerprint density at radius 2 is 2.31 bits per heavy atom. The highest BCUT2D eigenvalue weighted by molar-refractivity contribution is 9.10. The van der Waals surface area contributed by atoms with Crippen LogP contribution in [0.1, 0.15) is 12.5 Å². The highest BCUT2D eigenvalue weighted by atomic mass is 79.9. The van der Waals surface area contributed by atoms with Crippen LogP contribution in [0.3, 0.4) is 0 Å². The zero-order chi connectivity index (χ0) is 12.0. The van der Waals surface area contributed by atoms with Crippen molar-refractivity contribution in [3.8, 4) is 6.07 Å². The predicted molar refractivity (Wildman–Crippen MR) is 68.4 cm³/mol. The van der Waals surface area contributed by atoms with Crippen LogP contribution in [0.2, 0.25) is 0 Å². The summed E-state index contributed by atoms with van der Waals surface area (Å²) < 4.78 is 6.02. The second-order valence-electron chi connectivity index (χ2n) is 3.74. The molecule has 1 atom stereocenters. The van der Waals surface area contributed by atoms with Gasteiger partial charge in [-0.25, -0.2) is 0 Å². The van der Waals surface area contributed by atoms with Crippen molar-refractivity contribution in [2.45, 2.75) is 6.92 Å². The Morgan fingerprint density at radius 1 is 1.56 bits per heavy atom. The summed E-state index contributed by atoms with van der Waals surface area (Å²) in [5.74, 6) is 0.413. The van der Waals surface area contributed by atoms with Gasteiger partial charge in [0.1, 0.15) is 6.07 Å². The van der Waals surface area contributed by atoms with E-state index in [1.807, 2.05) is 12.1 Å². The SMILES string of the molecule is COCC(C)CNc1cc(Br)ccc1C#N. The molecule has 1 unspecified atom stereocenters. The van der Waals surface area contributed by atoms with E-state index >= 15 is 0 Å². The molecule has 1 aromatic rings. The van der Waals surface area contributed by atoms with Gasteiger partial charge in [0.25, 0.3) is 0 Å². The fraction of sp³-hybridized carbons (Fsp3) is 0.417. The summed E-state index contributed by atoms with van der Waals surface area (Å²) in [6, 6.07) is 7.74. The molecule has 4 heteroatoms. The highest BCUT2D eigenvalue weighted by Crippen LogP contribution is 2.21. The van der Waals surface area contributed by atoms with Crippen LogP contribution in [0.25, 0.3) is 0 Å². The minimum atomic E-state index is 0.413. The van der Waals surface area contributed by atoms with Gasteiger partial charge in [-0.1, -0.05) is 22.9 Å². The summed E-state index contributed by atoms with van der Waals surface area (Å²) >= 11 is 3.39. The van der Waals surface area contributed by atoms with Crippen LogP contribution in [0, 0.1) is 17.2 Å². The molecule has 0 amide bonds. The van der Waals surface area contributed by atoms with Gasteiger partial charge in [0.15, 0.2) is 0 Å². The van der Waals surface area contributed by atoms with Gasteiger partial charge in [0, 0.05) is 18.1 Å². The zero-order valence-corrected chi connectivity index (χ0v) is 11.0. The maximum atomic E-state index is 8.95. The molecule has 0 spiro atoms. The zero-order valence-electron chi connectivity index (χ0n) is 9.46. The number of hydrogen-bond donors (Lipinski definition) is 1. The number of nitrogens with one attached hydrogen (secondary N) is 1. The summed E-state index contributed by atoms with van der Waals surface area (Å²) in [5, 5.41) is 12.2. The third kappa shape index (κ3) is 3.84. The fourth-order valence-corrected chi connectivity index (χ4v) is 1.75. The lowest BCUT2D eigenvalue weighted by Crippen LogP contribution is -2.16. The van der Waals surface area contributed by atoms with Gasteiger partial charge in [-0.05, 0) is 24.1 Å². The molecule has 0 saturated heterocycles. The van der Waals surface area contributed by atoms with Crippen molar-refractivity contribution in [3.05, 3.63) is 28.2 Å². The van der Waals surface area contributed by atoms with E-state index in [9.17, 15) is 0 Å². The Balaban J connectivity index is 2.66. The normalized spacial score (nSPS) is 11.9. The third-order valence-electron chi connectivity index (χ3n) is 2.19. The van der Waals surface area contributed by atoms with Crippen molar-refractivity contribution in [1.82, 2.24) is 0 Å². The lowest BCUT2D eigenvalue weighted by Gasteiger charge is -2.13. The number of benzene rings is 1. The van der Waals surface area contributed by atoms with E-state index in [-0.39, 0.29) is 0 Å².